The van der Waals surface area contributed by atoms with E-state index in [1.54, 1.807) is 0 Å². The molecule has 0 N–H and O–H groups in total. The summed E-state index contributed by atoms with van der Waals surface area (Å²) in [4.78, 5) is 16.0. The second kappa shape index (κ2) is 12.6. The SMILES string of the molecule is CCCCCCc1ccc(C(=O)N2CCCn3cccc3C2c2cccc(OCc3ccccc3)c2)cc1. The number of carbonyl (C=O) groups excluding carboxylic acids is 1. The van der Waals surface area contributed by atoms with Crippen LogP contribution in [0.2, 0.25) is 0 Å². The molecule has 0 fully saturated rings. The lowest BCUT2D eigenvalue weighted by atomic mass is 9.99. The van der Waals surface area contributed by atoms with Crippen molar-refractivity contribution in [3.05, 3.63) is 125 Å². The van der Waals surface area contributed by atoms with E-state index in [9.17, 15) is 4.79 Å². The van der Waals surface area contributed by atoms with Crippen LogP contribution < -0.4 is 4.74 Å². The first-order valence-corrected chi connectivity index (χ1v) is 14.0. The van der Waals surface area contributed by atoms with Crippen LogP contribution in [0.15, 0.2) is 97.2 Å². The Labute approximate surface area is 226 Å². The van der Waals surface area contributed by atoms with Gasteiger partial charge in [-0.1, -0.05) is 80.8 Å². The van der Waals surface area contributed by atoms with E-state index in [4.69, 9.17) is 4.74 Å². The first-order valence-electron chi connectivity index (χ1n) is 14.0. The lowest BCUT2D eigenvalue weighted by Gasteiger charge is -2.31. The van der Waals surface area contributed by atoms with Gasteiger partial charge in [-0.05, 0) is 72.4 Å². The van der Waals surface area contributed by atoms with Crippen LogP contribution in [0, 0.1) is 0 Å². The molecule has 2 heterocycles. The second-order valence-corrected chi connectivity index (χ2v) is 10.2. The van der Waals surface area contributed by atoms with Crippen LogP contribution in [-0.4, -0.2) is 21.9 Å². The number of aryl methyl sites for hydroxylation is 2. The Balaban J connectivity index is 1.38. The summed E-state index contributed by atoms with van der Waals surface area (Å²) in [5.74, 6) is 0.895. The monoisotopic (exact) mass is 506 g/mol. The molecule has 5 rings (SSSR count). The Bertz CT molecular complexity index is 1310. The van der Waals surface area contributed by atoms with Crippen LogP contribution in [0.5, 0.6) is 5.75 Å². The van der Waals surface area contributed by atoms with E-state index in [-0.39, 0.29) is 11.9 Å². The van der Waals surface area contributed by atoms with Gasteiger partial charge in [-0.2, -0.15) is 0 Å². The summed E-state index contributed by atoms with van der Waals surface area (Å²) in [6.07, 6.45) is 9.12. The topological polar surface area (TPSA) is 34.5 Å². The van der Waals surface area contributed by atoms with Crippen molar-refractivity contribution in [3.8, 4) is 5.75 Å². The Morgan fingerprint density at radius 3 is 2.50 bits per heavy atom. The van der Waals surface area contributed by atoms with Crippen molar-refractivity contribution in [1.82, 2.24) is 9.47 Å². The first-order chi connectivity index (χ1) is 18.7. The normalized spacial score (nSPS) is 15.1. The number of nitrogens with zero attached hydrogens (tertiary/aromatic N) is 2. The van der Waals surface area contributed by atoms with Crippen LogP contribution >= 0.6 is 0 Å². The maximum Gasteiger partial charge on any atom is 0.254 e. The third-order valence-corrected chi connectivity index (χ3v) is 7.46. The standard InChI is InChI=1S/C34H38N2O2/c1-2-3-4-6-12-27-18-20-29(21-19-27)34(37)36-24-11-23-35-22-10-17-32(35)33(36)30-15-9-16-31(25-30)38-26-28-13-7-5-8-14-28/h5,7-10,13-22,25,33H,2-4,6,11-12,23-24,26H2,1H3. The molecule has 0 radical (unpaired) electrons. The zero-order valence-corrected chi connectivity index (χ0v) is 22.4. The summed E-state index contributed by atoms with van der Waals surface area (Å²) in [5, 5.41) is 0. The fourth-order valence-corrected chi connectivity index (χ4v) is 5.40. The molecule has 1 atom stereocenters. The van der Waals surface area contributed by atoms with Gasteiger partial charge in [0.2, 0.25) is 0 Å². The summed E-state index contributed by atoms with van der Waals surface area (Å²) in [5.41, 5.74) is 5.40. The number of carbonyl (C=O) groups is 1. The molecule has 1 aliphatic heterocycles. The molecule has 0 bridgehead atoms. The molecule has 0 saturated carbocycles. The van der Waals surface area contributed by atoms with E-state index < -0.39 is 0 Å². The van der Waals surface area contributed by atoms with Crippen LogP contribution in [0.25, 0.3) is 0 Å². The largest absolute Gasteiger partial charge is 0.489 e. The number of unbranched alkanes of at least 4 members (excludes halogenated alkanes) is 3. The van der Waals surface area contributed by atoms with Gasteiger partial charge in [0.05, 0.1) is 6.04 Å². The number of aromatic nitrogens is 1. The minimum absolute atomic E-state index is 0.0813. The number of ether oxygens (including phenoxy) is 1. The van der Waals surface area contributed by atoms with Crippen molar-refractivity contribution < 1.29 is 9.53 Å². The van der Waals surface area contributed by atoms with Crippen LogP contribution in [0.3, 0.4) is 0 Å². The fourth-order valence-electron chi connectivity index (χ4n) is 5.40. The van der Waals surface area contributed by atoms with E-state index in [0.717, 1.165) is 47.5 Å². The summed E-state index contributed by atoms with van der Waals surface area (Å²) >= 11 is 0. The Hall–Kier alpha value is -3.79. The van der Waals surface area contributed by atoms with Gasteiger partial charge in [-0.25, -0.2) is 0 Å². The van der Waals surface area contributed by atoms with E-state index in [2.05, 4.69) is 66.2 Å². The zero-order chi connectivity index (χ0) is 26.2. The first kappa shape index (κ1) is 25.8. The minimum Gasteiger partial charge on any atom is -0.489 e. The highest BCUT2D eigenvalue weighted by Gasteiger charge is 2.31. The average Bonchev–Trinajstić information content (AvgIpc) is 3.34. The van der Waals surface area contributed by atoms with Crippen molar-refractivity contribution in [2.24, 2.45) is 0 Å². The van der Waals surface area contributed by atoms with E-state index in [1.807, 2.05) is 47.4 Å². The van der Waals surface area contributed by atoms with Gasteiger partial charge in [-0.15, -0.1) is 0 Å². The van der Waals surface area contributed by atoms with Crippen molar-refractivity contribution in [2.45, 2.75) is 64.6 Å². The third kappa shape index (κ3) is 6.19. The molecule has 0 spiro atoms. The molecule has 4 nitrogen and oxygen atoms in total. The molecule has 1 aromatic heterocycles. The minimum atomic E-state index is -0.172. The van der Waals surface area contributed by atoms with Crippen molar-refractivity contribution in [2.75, 3.05) is 6.54 Å². The number of fused-ring (bicyclic) bond motifs is 1. The molecule has 0 saturated heterocycles. The summed E-state index contributed by atoms with van der Waals surface area (Å²) in [7, 11) is 0. The molecule has 4 aromatic rings. The van der Waals surface area contributed by atoms with Crippen molar-refractivity contribution in [1.29, 1.82) is 0 Å². The van der Waals surface area contributed by atoms with Crippen LogP contribution in [0.1, 0.15) is 77.8 Å². The van der Waals surface area contributed by atoms with E-state index in [0.29, 0.717) is 13.2 Å². The van der Waals surface area contributed by atoms with Gasteiger partial charge >= 0.3 is 0 Å². The van der Waals surface area contributed by atoms with Crippen molar-refractivity contribution >= 4 is 5.91 Å². The molecule has 1 aliphatic rings. The predicted molar refractivity (Wildman–Crippen MR) is 153 cm³/mol. The van der Waals surface area contributed by atoms with Crippen LogP contribution in [0.4, 0.5) is 0 Å². The molecule has 3 aromatic carbocycles. The van der Waals surface area contributed by atoms with Gasteiger partial charge in [-0.3, -0.25) is 4.79 Å². The summed E-state index contributed by atoms with van der Waals surface area (Å²) in [6, 6.07) is 30.8. The highest BCUT2D eigenvalue weighted by atomic mass is 16.5. The van der Waals surface area contributed by atoms with Gasteiger partial charge in [0.25, 0.3) is 5.91 Å². The second-order valence-electron chi connectivity index (χ2n) is 10.2. The molecule has 1 unspecified atom stereocenters. The van der Waals surface area contributed by atoms with Gasteiger partial charge in [0.1, 0.15) is 12.4 Å². The Morgan fingerprint density at radius 2 is 1.68 bits per heavy atom. The quantitative estimate of drug-likeness (QED) is 0.205. The van der Waals surface area contributed by atoms with Crippen LogP contribution in [-0.2, 0) is 19.6 Å². The van der Waals surface area contributed by atoms with Gasteiger partial charge in [0, 0.05) is 30.5 Å². The number of hydrogen-bond acceptors (Lipinski definition) is 2. The molecule has 38 heavy (non-hydrogen) atoms. The maximum absolute atomic E-state index is 14.0. The summed E-state index contributed by atoms with van der Waals surface area (Å²) < 4.78 is 8.44. The van der Waals surface area contributed by atoms with Gasteiger partial charge in [0.15, 0.2) is 0 Å². The highest BCUT2D eigenvalue weighted by molar-refractivity contribution is 5.94. The van der Waals surface area contributed by atoms with Gasteiger partial charge < -0.3 is 14.2 Å². The Morgan fingerprint density at radius 1 is 0.842 bits per heavy atom. The van der Waals surface area contributed by atoms with E-state index >= 15 is 0 Å². The number of benzene rings is 3. The zero-order valence-electron chi connectivity index (χ0n) is 22.4. The molecular weight excluding hydrogens is 468 g/mol. The van der Waals surface area contributed by atoms with Crippen molar-refractivity contribution in [3.63, 3.8) is 0 Å². The number of hydrogen-bond donors (Lipinski definition) is 0. The smallest absolute Gasteiger partial charge is 0.254 e. The third-order valence-electron chi connectivity index (χ3n) is 7.46. The predicted octanol–water partition coefficient (Wildman–Crippen LogP) is 7.83. The molecule has 196 valence electrons. The summed E-state index contributed by atoms with van der Waals surface area (Å²) in [6.45, 7) is 4.36. The number of amides is 1. The molecule has 1 amide bonds. The molecular formula is C34H38N2O2. The fraction of sp³-hybridized carbons (Fsp3) is 0.324. The Kier molecular flexibility index (Phi) is 8.60. The number of rotatable bonds is 10. The lowest BCUT2D eigenvalue weighted by Crippen LogP contribution is -2.35. The average molecular weight is 507 g/mol. The molecule has 0 aliphatic carbocycles. The molecule has 4 heteroatoms. The maximum atomic E-state index is 14.0. The van der Waals surface area contributed by atoms with E-state index in [1.165, 1.54) is 31.2 Å². The highest BCUT2D eigenvalue weighted by Crippen LogP contribution is 2.34. The lowest BCUT2D eigenvalue weighted by molar-refractivity contribution is 0.0709.